The molecule has 0 aliphatic carbocycles. The highest BCUT2D eigenvalue weighted by molar-refractivity contribution is 5.51. The van der Waals surface area contributed by atoms with Gasteiger partial charge in [0, 0.05) is 58.0 Å². The maximum Gasteiger partial charge on any atom is 0.247 e. The summed E-state index contributed by atoms with van der Waals surface area (Å²) in [7, 11) is 1.69. The van der Waals surface area contributed by atoms with E-state index < -0.39 is 0 Å². The van der Waals surface area contributed by atoms with Crippen LogP contribution >= 0.6 is 0 Å². The maximum atomic E-state index is 5.25. The molecule has 2 aromatic rings. The zero-order valence-electron chi connectivity index (χ0n) is 16.8. The van der Waals surface area contributed by atoms with Crippen molar-refractivity contribution in [2.45, 2.75) is 6.92 Å². The summed E-state index contributed by atoms with van der Waals surface area (Å²) in [6.07, 6.45) is 1.79. The number of rotatable bonds is 5. The molecule has 3 heterocycles. The highest BCUT2D eigenvalue weighted by Gasteiger charge is 2.22. The first kappa shape index (κ1) is 18.7. The Hall–Kier alpha value is -2.61. The number of hydrogen-bond donors (Lipinski definition) is 0. The van der Waals surface area contributed by atoms with Crippen molar-refractivity contribution in [2.24, 2.45) is 0 Å². The van der Waals surface area contributed by atoms with Crippen LogP contribution in [-0.4, -0.2) is 86.1 Å². The van der Waals surface area contributed by atoms with Crippen molar-refractivity contribution in [3.05, 3.63) is 30.5 Å². The summed E-state index contributed by atoms with van der Waals surface area (Å²) < 4.78 is 5.25. The number of nitrogens with zero attached hydrogens (tertiary/aromatic N) is 7. The Morgan fingerprint density at radius 2 is 1.50 bits per heavy atom. The van der Waals surface area contributed by atoms with Crippen molar-refractivity contribution < 1.29 is 4.74 Å². The van der Waals surface area contributed by atoms with Crippen LogP contribution in [0.25, 0.3) is 0 Å². The first-order chi connectivity index (χ1) is 13.8. The molecule has 0 radical (unpaired) electrons. The van der Waals surface area contributed by atoms with E-state index in [1.54, 1.807) is 13.3 Å². The molecule has 150 valence electrons. The SMILES string of the molecule is CCN1CCN(c2cnnc(N3CCN(c4ccc(OC)cc4)CC3)n2)CC1. The Balaban J connectivity index is 1.36. The van der Waals surface area contributed by atoms with Gasteiger partial charge in [0.05, 0.1) is 13.3 Å². The van der Waals surface area contributed by atoms with Crippen LogP contribution in [0.15, 0.2) is 30.5 Å². The number of benzene rings is 1. The van der Waals surface area contributed by atoms with Crippen LogP contribution in [0.2, 0.25) is 0 Å². The molecule has 0 atom stereocenters. The molecular formula is C20H29N7O. The molecule has 0 amide bonds. The van der Waals surface area contributed by atoms with Crippen molar-refractivity contribution in [1.29, 1.82) is 0 Å². The number of ether oxygens (including phenoxy) is 1. The van der Waals surface area contributed by atoms with E-state index in [4.69, 9.17) is 9.72 Å². The fourth-order valence-corrected chi connectivity index (χ4v) is 3.82. The third-order valence-corrected chi connectivity index (χ3v) is 5.68. The molecule has 1 aromatic carbocycles. The van der Waals surface area contributed by atoms with Gasteiger partial charge in [0.1, 0.15) is 5.75 Å². The van der Waals surface area contributed by atoms with Crippen molar-refractivity contribution in [2.75, 3.05) is 80.7 Å². The minimum absolute atomic E-state index is 0.741. The van der Waals surface area contributed by atoms with Gasteiger partial charge in [-0.15, -0.1) is 5.10 Å². The van der Waals surface area contributed by atoms with Gasteiger partial charge in [-0.05, 0) is 30.8 Å². The second-order valence-corrected chi connectivity index (χ2v) is 7.21. The molecule has 0 saturated carbocycles. The highest BCUT2D eigenvalue weighted by Crippen LogP contribution is 2.22. The Morgan fingerprint density at radius 1 is 0.857 bits per heavy atom. The van der Waals surface area contributed by atoms with Gasteiger partial charge in [-0.2, -0.15) is 10.1 Å². The van der Waals surface area contributed by atoms with Gasteiger partial charge in [0.15, 0.2) is 5.82 Å². The minimum atomic E-state index is 0.741. The number of hydrogen-bond acceptors (Lipinski definition) is 8. The van der Waals surface area contributed by atoms with Crippen LogP contribution in [-0.2, 0) is 0 Å². The van der Waals surface area contributed by atoms with E-state index >= 15 is 0 Å². The van der Waals surface area contributed by atoms with Gasteiger partial charge < -0.3 is 24.3 Å². The molecule has 8 heteroatoms. The summed E-state index contributed by atoms with van der Waals surface area (Å²) in [5.41, 5.74) is 1.22. The number of anilines is 3. The molecule has 0 N–H and O–H groups in total. The van der Waals surface area contributed by atoms with E-state index in [9.17, 15) is 0 Å². The van der Waals surface area contributed by atoms with Crippen LogP contribution in [0, 0.1) is 0 Å². The summed E-state index contributed by atoms with van der Waals surface area (Å²) in [6.45, 7) is 11.1. The van der Waals surface area contributed by atoms with Crippen LogP contribution in [0.5, 0.6) is 5.75 Å². The largest absolute Gasteiger partial charge is 0.497 e. The zero-order valence-corrected chi connectivity index (χ0v) is 16.8. The second kappa shape index (κ2) is 8.60. The van der Waals surface area contributed by atoms with Crippen LogP contribution in [0.4, 0.5) is 17.5 Å². The lowest BCUT2D eigenvalue weighted by atomic mass is 10.2. The fourth-order valence-electron chi connectivity index (χ4n) is 3.82. The maximum absolute atomic E-state index is 5.25. The van der Waals surface area contributed by atoms with Gasteiger partial charge >= 0.3 is 0 Å². The molecule has 8 nitrogen and oxygen atoms in total. The van der Waals surface area contributed by atoms with Crippen LogP contribution in [0.3, 0.4) is 0 Å². The molecule has 2 aliphatic rings. The molecule has 2 aliphatic heterocycles. The third-order valence-electron chi connectivity index (χ3n) is 5.68. The molecule has 0 spiro atoms. The van der Waals surface area contributed by atoms with E-state index in [0.29, 0.717) is 0 Å². The van der Waals surface area contributed by atoms with Gasteiger partial charge in [0.25, 0.3) is 0 Å². The summed E-state index contributed by atoms with van der Waals surface area (Å²) in [6, 6.07) is 8.25. The highest BCUT2D eigenvalue weighted by atomic mass is 16.5. The normalized spacial score (nSPS) is 18.4. The average molecular weight is 384 g/mol. The molecule has 0 bridgehead atoms. The van der Waals surface area contributed by atoms with E-state index in [-0.39, 0.29) is 0 Å². The summed E-state index contributed by atoms with van der Waals surface area (Å²) in [5.74, 6) is 2.57. The van der Waals surface area contributed by atoms with Crippen LogP contribution in [0.1, 0.15) is 6.92 Å². The Morgan fingerprint density at radius 3 is 2.14 bits per heavy atom. The van der Waals surface area contributed by atoms with Crippen molar-refractivity contribution in [3.8, 4) is 5.75 Å². The van der Waals surface area contributed by atoms with Crippen molar-refractivity contribution >= 4 is 17.5 Å². The first-order valence-corrected chi connectivity index (χ1v) is 10.1. The van der Waals surface area contributed by atoms with Crippen molar-refractivity contribution in [3.63, 3.8) is 0 Å². The number of piperazine rings is 2. The van der Waals surface area contributed by atoms with Gasteiger partial charge in [-0.3, -0.25) is 0 Å². The quantitative estimate of drug-likeness (QED) is 0.767. The molecule has 1 aromatic heterocycles. The minimum Gasteiger partial charge on any atom is -0.497 e. The summed E-state index contributed by atoms with van der Waals surface area (Å²) >= 11 is 0. The Kier molecular flexibility index (Phi) is 5.76. The topological polar surface area (TPSA) is 60.9 Å². The molecular weight excluding hydrogens is 354 g/mol. The van der Waals surface area contributed by atoms with E-state index in [1.807, 2.05) is 12.1 Å². The van der Waals surface area contributed by atoms with Crippen LogP contribution < -0.4 is 19.4 Å². The molecule has 28 heavy (non-hydrogen) atoms. The molecule has 2 fully saturated rings. The van der Waals surface area contributed by atoms with Gasteiger partial charge in [0.2, 0.25) is 5.95 Å². The number of likely N-dealkylation sites (N-methyl/N-ethyl adjacent to an activating group) is 1. The van der Waals surface area contributed by atoms with E-state index in [0.717, 1.165) is 76.4 Å². The second-order valence-electron chi connectivity index (χ2n) is 7.21. The zero-order chi connectivity index (χ0) is 19.3. The lowest BCUT2D eigenvalue weighted by Gasteiger charge is -2.37. The Labute approximate surface area is 166 Å². The van der Waals surface area contributed by atoms with E-state index in [1.165, 1.54) is 5.69 Å². The lowest BCUT2D eigenvalue weighted by molar-refractivity contribution is 0.270. The standard InChI is InChI=1S/C20H29N7O/c1-3-24-8-10-26(11-9-24)19-16-21-23-20(22-19)27-14-12-25(13-15-27)17-4-6-18(28-2)7-5-17/h4-7,16H,3,8-15H2,1-2H3. The number of aromatic nitrogens is 3. The Bertz CT molecular complexity index is 753. The monoisotopic (exact) mass is 383 g/mol. The van der Waals surface area contributed by atoms with E-state index in [2.05, 4.69) is 48.9 Å². The molecule has 2 saturated heterocycles. The average Bonchev–Trinajstić information content (AvgIpc) is 2.79. The molecule has 4 rings (SSSR count). The summed E-state index contributed by atoms with van der Waals surface area (Å²) in [4.78, 5) is 14.2. The fraction of sp³-hybridized carbons (Fsp3) is 0.550. The lowest BCUT2D eigenvalue weighted by Crippen LogP contribution is -2.48. The summed E-state index contributed by atoms with van der Waals surface area (Å²) in [5, 5.41) is 8.54. The smallest absolute Gasteiger partial charge is 0.247 e. The van der Waals surface area contributed by atoms with Gasteiger partial charge in [-0.25, -0.2) is 0 Å². The third kappa shape index (κ3) is 4.11. The molecule has 0 unspecified atom stereocenters. The predicted octanol–water partition coefficient (Wildman–Crippen LogP) is 1.35. The number of methoxy groups -OCH3 is 1. The van der Waals surface area contributed by atoms with Gasteiger partial charge in [-0.1, -0.05) is 6.92 Å². The first-order valence-electron chi connectivity index (χ1n) is 10.1. The van der Waals surface area contributed by atoms with Crippen molar-refractivity contribution in [1.82, 2.24) is 20.1 Å². The predicted molar refractivity (Wildman–Crippen MR) is 112 cm³/mol.